The predicted molar refractivity (Wildman–Crippen MR) is 84.4 cm³/mol. The summed E-state index contributed by atoms with van der Waals surface area (Å²) in [5.74, 6) is -1.93. The van der Waals surface area contributed by atoms with Crippen LogP contribution < -0.4 is 10.2 Å². The third-order valence-corrected chi connectivity index (χ3v) is 4.37. The van der Waals surface area contributed by atoms with Crippen molar-refractivity contribution < 1.29 is 21.9 Å². The van der Waals surface area contributed by atoms with Crippen LogP contribution in [0.5, 0.6) is 0 Å². The van der Waals surface area contributed by atoms with Gasteiger partial charge >= 0.3 is 10.2 Å². The van der Waals surface area contributed by atoms with E-state index in [0.717, 1.165) is 0 Å². The third-order valence-electron chi connectivity index (χ3n) is 3.50. The van der Waals surface area contributed by atoms with E-state index in [1.165, 1.54) is 4.90 Å². The quantitative estimate of drug-likeness (QED) is 0.822. The van der Waals surface area contributed by atoms with Crippen molar-refractivity contribution in [2.75, 3.05) is 17.2 Å². The van der Waals surface area contributed by atoms with E-state index < -0.39 is 21.9 Å². The maximum Gasteiger partial charge on any atom is 0.302 e. The van der Waals surface area contributed by atoms with Crippen molar-refractivity contribution in [2.45, 2.75) is 26.3 Å². The highest BCUT2D eigenvalue weighted by Crippen LogP contribution is 2.29. The molecule has 0 radical (unpaired) electrons. The first kappa shape index (κ1) is 17.4. The smallest absolute Gasteiger partial charge is 0.302 e. The van der Waals surface area contributed by atoms with E-state index in [2.05, 4.69) is 5.32 Å². The molecule has 1 aromatic carbocycles. The van der Waals surface area contributed by atoms with E-state index in [1.807, 2.05) is 13.8 Å². The standard InChI is InChI=1S/C15H19FN2O4S/c1-10(2)17-15(20)12-5-3-4-6-13(12)18-8-11(7-14(18)19)9-23(16,21)22/h3-6,10-11H,7-9H2,1-2H3,(H,17,20). The maximum atomic E-state index is 12.8. The second kappa shape index (κ2) is 6.66. The summed E-state index contributed by atoms with van der Waals surface area (Å²) in [5.41, 5.74) is 0.743. The molecule has 1 atom stereocenters. The lowest BCUT2D eigenvalue weighted by Gasteiger charge is -2.20. The molecule has 126 valence electrons. The van der Waals surface area contributed by atoms with Gasteiger partial charge in [0, 0.05) is 24.9 Å². The normalized spacial score (nSPS) is 18.5. The minimum atomic E-state index is -4.64. The van der Waals surface area contributed by atoms with Crippen LogP contribution in [0.3, 0.4) is 0 Å². The van der Waals surface area contributed by atoms with Crippen molar-refractivity contribution in [3.63, 3.8) is 0 Å². The molecule has 1 aliphatic heterocycles. The van der Waals surface area contributed by atoms with Crippen LogP contribution in [0.2, 0.25) is 0 Å². The average Bonchev–Trinajstić information content (AvgIpc) is 2.76. The van der Waals surface area contributed by atoms with Crippen LogP contribution >= 0.6 is 0 Å². The molecule has 1 aliphatic rings. The lowest BCUT2D eigenvalue weighted by atomic mass is 10.1. The second-order valence-corrected chi connectivity index (χ2v) is 7.34. The summed E-state index contributed by atoms with van der Waals surface area (Å²) < 4.78 is 34.4. The highest BCUT2D eigenvalue weighted by Gasteiger charge is 2.35. The van der Waals surface area contributed by atoms with Gasteiger partial charge in [-0.05, 0) is 26.0 Å². The van der Waals surface area contributed by atoms with Gasteiger partial charge in [0.25, 0.3) is 5.91 Å². The summed E-state index contributed by atoms with van der Waals surface area (Å²) in [5, 5.41) is 2.75. The second-order valence-electron chi connectivity index (χ2n) is 5.93. The first-order valence-corrected chi connectivity index (χ1v) is 8.85. The van der Waals surface area contributed by atoms with Crippen LogP contribution in [-0.2, 0) is 15.0 Å². The highest BCUT2D eigenvalue weighted by molar-refractivity contribution is 7.86. The molecule has 1 N–H and O–H groups in total. The molecule has 2 amide bonds. The minimum Gasteiger partial charge on any atom is -0.350 e. The Morgan fingerprint density at radius 2 is 2.04 bits per heavy atom. The van der Waals surface area contributed by atoms with Gasteiger partial charge in [-0.2, -0.15) is 8.42 Å². The largest absolute Gasteiger partial charge is 0.350 e. The Bertz CT molecular complexity index is 718. The molecule has 1 heterocycles. The Balaban J connectivity index is 2.25. The molecule has 1 aromatic rings. The predicted octanol–water partition coefficient (Wildman–Crippen LogP) is 1.48. The Labute approximate surface area is 134 Å². The molecule has 0 saturated carbocycles. The molecule has 0 spiro atoms. The van der Waals surface area contributed by atoms with Gasteiger partial charge in [-0.15, -0.1) is 3.89 Å². The van der Waals surface area contributed by atoms with Crippen molar-refractivity contribution in [3.8, 4) is 0 Å². The zero-order valence-corrected chi connectivity index (χ0v) is 13.8. The zero-order valence-electron chi connectivity index (χ0n) is 13.0. The van der Waals surface area contributed by atoms with Crippen LogP contribution in [0.4, 0.5) is 9.57 Å². The summed E-state index contributed by atoms with van der Waals surface area (Å²) in [6.45, 7) is 3.72. The van der Waals surface area contributed by atoms with Crippen LogP contribution in [-0.4, -0.2) is 38.6 Å². The van der Waals surface area contributed by atoms with Crippen molar-refractivity contribution in [1.82, 2.24) is 5.32 Å². The van der Waals surface area contributed by atoms with Crippen LogP contribution in [0.1, 0.15) is 30.6 Å². The SMILES string of the molecule is CC(C)NC(=O)c1ccccc1N1CC(CS(=O)(=O)F)CC1=O. The van der Waals surface area contributed by atoms with E-state index in [1.54, 1.807) is 24.3 Å². The monoisotopic (exact) mass is 342 g/mol. The molecule has 0 bridgehead atoms. The van der Waals surface area contributed by atoms with Crippen molar-refractivity contribution in [3.05, 3.63) is 29.8 Å². The van der Waals surface area contributed by atoms with Gasteiger partial charge in [-0.25, -0.2) is 0 Å². The van der Waals surface area contributed by atoms with Crippen LogP contribution in [0.15, 0.2) is 24.3 Å². The number of amides is 2. The fourth-order valence-corrected chi connectivity index (χ4v) is 3.43. The molecule has 1 fully saturated rings. The van der Waals surface area contributed by atoms with Crippen molar-refractivity contribution in [1.29, 1.82) is 0 Å². The van der Waals surface area contributed by atoms with E-state index in [-0.39, 0.29) is 30.8 Å². The number of halogens is 1. The van der Waals surface area contributed by atoms with Gasteiger partial charge in [0.15, 0.2) is 0 Å². The number of para-hydroxylation sites is 1. The van der Waals surface area contributed by atoms with Crippen LogP contribution in [0.25, 0.3) is 0 Å². The first-order chi connectivity index (χ1) is 10.7. The van der Waals surface area contributed by atoms with E-state index in [4.69, 9.17) is 0 Å². The molecule has 23 heavy (non-hydrogen) atoms. The minimum absolute atomic E-state index is 0.0523. The summed E-state index contributed by atoms with van der Waals surface area (Å²) in [6.07, 6.45) is -0.0523. The lowest BCUT2D eigenvalue weighted by Crippen LogP contribution is -2.33. The highest BCUT2D eigenvalue weighted by atomic mass is 32.3. The van der Waals surface area contributed by atoms with E-state index in [9.17, 15) is 21.9 Å². The van der Waals surface area contributed by atoms with Crippen LogP contribution in [0, 0.1) is 5.92 Å². The van der Waals surface area contributed by atoms with Gasteiger partial charge < -0.3 is 10.2 Å². The lowest BCUT2D eigenvalue weighted by molar-refractivity contribution is -0.117. The summed E-state index contributed by atoms with van der Waals surface area (Å²) in [7, 11) is -4.64. The van der Waals surface area contributed by atoms with E-state index >= 15 is 0 Å². The van der Waals surface area contributed by atoms with Gasteiger partial charge in [-0.3, -0.25) is 9.59 Å². The Kier molecular flexibility index (Phi) is 5.03. The molecule has 0 aromatic heterocycles. The number of anilines is 1. The number of hydrogen-bond acceptors (Lipinski definition) is 4. The summed E-state index contributed by atoms with van der Waals surface area (Å²) in [6, 6.07) is 6.53. The Morgan fingerprint density at radius 3 is 2.65 bits per heavy atom. The zero-order chi connectivity index (χ0) is 17.2. The molecule has 2 rings (SSSR count). The number of nitrogens with zero attached hydrogens (tertiary/aromatic N) is 1. The molecule has 8 heteroatoms. The number of rotatable bonds is 5. The number of hydrogen-bond donors (Lipinski definition) is 1. The van der Waals surface area contributed by atoms with Gasteiger partial charge in [0.1, 0.15) is 0 Å². The molecular formula is C15H19FN2O4S. The van der Waals surface area contributed by atoms with Gasteiger partial charge in [-0.1, -0.05) is 12.1 Å². The summed E-state index contributed by atoms with van der Waals surface area (Å²) in [4.78, 5) is 25.7. The van der Waals surface area contributed by atoms with Gasteiger partial charge in [0.05, 0.1) is 17.0 Å². The molecule has 1 saturated heterocycles. The van der Waals surface area contributed by atoms with Crippen molar-refractivity contribution in [2.24, 2.45) is 5.92 Å². The fraction of sp³-hybridized carbons (Fsp3) is 0.467. The molecule has 6 nitrogen and oxygen atoms in total. The molecular weight excluding hydrogens is 323 g/mol. The average molecular weight is 342 g/mol. The first-order valence-electron chi connectivity index (χ1n) is 7.30. The summed E-state index contributed by atoms with van der Waals surface area (Å²) >= 11 is 0. The Hall–Kier alpha value is -1.96. The molecule has 1 unspecified atom stereocenters. The van der Waals surface area contributed by atoms with E-state index in [0.29, 0.717) is 11.3 Å². The Morgan fingerprint density at radius 1 is 1.39 bits per heavy atom. The number of nitrogens with one attached hydrogen (secondary N) is 1. The number of carbonyl (C=O) groups is 2. The number of benzene rings is 1. The maximum absolute atomic E-state index is 12.8. The number of carbonyl (C=O) groups excluding carboxylic acids is 2. The fourth-order valence-electron chi connectivity index (χ4n) is 2.65. The van der Waals surface area contributed by atoms with Gasteiger partial charge in [0.2, 0.25) is 5.91 Å². The molecule has 0 aliphatic carbocycles. The third kappa shape index (κ3) is 4.51. The van der Waals surface area contributed by atoms with Crippen molar-refractivity contribution >= 4 is 27.7 Å². The topological polar surface area (TPSA) is 83.6 Å².